The minimum Gasteiger partial charge on any atom is -0.507 e. The van der Waals surface area contributed by atoms with Gasteiger partial charge in [-0.15, -0.1) is 0 Å². The summed E-state index contributed by atoms with van der Waals surface area (Å²) in [6, 6.07) is 4.80. The summed E-state index contributed by atoms with van der Waals surface area (Å²) < 4.78 is 10.5. The summed E-state index contributed by atoms with van der Waals surface area (Å²) in [6.07, 6.45) is 0.151. The number of aromatic nitrogens is 3. The third kappa shape index (κ3) is 3.09. The standard InChI is InChI=1S/C12H9Cl2N3O3/c13-11-15-10(16-12(14)17-11)8-2-1-6(3-9(8)18)19-4-7-5-20-7/h1-3,7,18H,4-5H2. The van der Waals surface area contributed by atoms with Crippen molar-refractivity contribution in [3.8, 4) is 22.9 Å². The molecule has 0 spiro atoms. The number of aromatic hydroxyl groups is 1. The number of phenols is 1. The van der Waals surface area contributed by atoms with Gasteiger partial charge in [-0.05, 0) is 35.3 Å². The Morgan fingerprint density at radius 2 is 1.95 bits per heavy atom. The van der Waals surface area contributed by atoms with Crippen LogP contribution in [0.5, 0.6) is 11.5 Å². The van der Waals surface area contributed by atoms with E-state index in [0.29, 0.717) is 24.5 Å². The van der Waals surface area contributed by atoms with Crippen molar-refractivity contribution in [1.82, 2.24) is 15.0 Å². The largest absolute Gasteiger partial charge is 0.507 e. The summed E-state index contributed by atoms with van der Waals surface area (Å²) in [5.41, 5.74) is 0.395. The van der Waals surface area contributed by atoms with E-state index < -0.39 is 0 Å². The highest BCUT2D eigenvalue weighted by Crippen LogP contribution is 2.31. The Morgan fingerprint density at radius 3 is 2.55 bits per heavy atom. The summed E-state index contributed by atoms with van der Waals surface area (Å²) in [4.78, 5) is 11.5. The first-order valence-corrected chi connectivity index (χ1v) is 6.52. The van der Waals surface area contributed by atoms with Crippen LogP contribution in [0.1, 0.15) is 0 Å². The smallest absolute Gasteiger partial charge is 0.227 e. The average Bonchev–Trinajstić information content (AvgIpc) is 3.19. The molecule has 2 aromatic rings. The van der Waals surface area contributed by atoms with Crippen LogP contribution in [0.25, 0.3) is 11.4 Å². The summed E-state index contributed by atoms with van der Waals surface area (Å²) in [5.74, 6) is 0.704. The van der Waals surface area contributed by atoms with Crippen LogP contribution in [-0.2, 0) is 4.74 Å². The van der Waals surface area contributed by atoms with E-state index in [1.165, 1.54) is 6.07 Å². The van der Waals surface area contributed by atoms with Crippen molar-refractivity contribution < 1.29 is 14.6 Å². The van der Waals surface area contributed by atoms with E-state index in [4.69, 9.17) is 32.7 Å². The molecule has 3 rings (SSSR count). The number of epoxide rings is 1. The predicted molar refractivity (Wildman–Crippen MR) is 72.2 cm³/mol. The molecule has 0 saturated carbocycles. The molecule has 1 aliphatic heterocycles. The fraction of sp³-hybridized carbons (Fsp3) is 0.250. The van der Waals surface area contributed by atoms with Gasteiger partial charge in [0.15, 0.2) is 5.82 Å². The molecule has 20 heavy (non-hydrogen) atoms. The molecule has 0 amide bonds. The van der Waals surface area contributed by atoms with E-state index in [1.807, 2.05) is 0 Å². The first-order valence-electron chi connectivity index (χ1n) is 5.76. The lowest BCUT2D eigenvalue weighted by Gasteiger charge is -2.08. The molecule has 1 unspecified atom stereocenters. The molecular formula is C12H9Cl2N3O3. The monoisotopic (exact) mass is 313 g/mol. The van der Waals surface area contributed by atoms with Gasteiger partial charge in [0.2, 0.25) is 10.6 Å². The van der Waals surface area contributed by atoms with E-state index in [9.17, 15) is 5.11 Å². The van der Waals surface area contributed by atoms with Gasteiger partial charge in [0.05, 0.1) is 12.2 Å². The molecule has 1 aromatic carbocycles. The van der Waals surface area contributed by atoms with Crippen LogP contribution in [0.4, 0.5) is 0 Å². The second-order valence-corrected chi connectivity index (χ2v) is 4.82. The molecule has 0 bridgehead atoms. The van der Waals surface area contributed by atoms with Gasteiger partial charge in [-0.1, -0.05) is 0 Å². The van der Waals surface area contributed by atoms with Crippen molar-refractivity contribution in [3.05, 3.63) is 28.8 Å². The Labute approximate surface area is 124 Å². The molecule has 1 aliphatic rings. The van der Waals surface area contributed by atoms with Gasteiger partial charge in [-0.3, -0.25) is 0 Å². The number of benzene rings is 1. The highest BCUT2D eigenvalue weighted by molar-refractivity contribution is 6.31. The topological polar surface area (TPSA) is 80.7 Å². The normalized spacial score (nSPS) is 17.0. The van der Waals surface area contributed by atoms with E-state index in [2.05, 4.69) is 15.0 Å². The van der Waals surface area contributed by atoms with Crippen LogP contribution < -0.4 is 4.74 Å². The summed E-state index contributed by atoms with van der Waals surface area (Å²) >= 11 is 11.4. The summed E-state index contributed by atoms with van der Waals surface area (Å²) in [5, 5.41) is 9.94. The first kappa shape index (κ1) is 13.4. The molecular weight excluding hydrogens is 305 g/mol. The van der Waals surface area contributed by atoms with Crippen molar-refractivity contribution in [2.24, 2.45) is 0 Å². The molecule has 6 nitrogen and oxygen atoms in total. The number of phenolic OH excluding ortho intramolecular Hbond substituents is 1. The van der Waals surface area contributed by atoms with Crippen molar-refractivity contribution in [2.45, 2.75) is 6.10 Å². The SMILES string of the molecule is Oc1cc(OCC2CO2)ccc1-c1nc(Cl)nc(Cl)n1. The molecule has 0 radical (unpaired) electrons. The van der Waals surface area contributed by atoms with Crippen molar-refractivity contribution in [3.63, 3.8) is 0 Å². The number of halogens is 2. The second kappa shape index (κ2) is 5.40. The Bertz CT molecular complexity index is 630. The minimum absolute atomic E-state index is 0.0300. The van der Waals surface area contributed by atoms with Gasteiger partial charge in [0.1, 0.15) is 24.2 Å². The van der Waals surface area contributed by atoms with Crippen molar-refractivity contribution in [1.29, 1.82) is 0 Å². The molecule has 8 heteroatoms. The van der Waals surface area contributed by atoms with Crippen LogP contribution in [0.2, 0.25) is 10.6 Å². The average molecular weight is 314 g/mol. The van der Waals surface area contributed by atoms with E-state index in [0.717, 1.165) is 0 Å². The molecule has 1 atom stereocenters. The quantitative estimate of drug-likeness (QED) is 0.872. The lowest BCUT2D eigenvalue weighted by Crippen LogP contribution is -2.04. The van der Waals surface area contributed by atoms with Gasteiger partial charge >= 0.3 is 0 Å². The van der Waals surface area contributed by atoms with Crippen LogP contribution in [0.15, 0.2) is 18.2 Å². The maximum Gasteiger partial charge on any atom is 0.227 e. The van der Waals surface area contributed by atoms with Crippen molar-refractivity contribution in [2.75, 3.05) is 13.2 Å². The Morgan fingerprint density at radius 1 is 1.25 bits per heavy atom. The Hall–Kier alpha value is -1.63. The molecule has 1 aromatic heterocycles. The maximum atomic E-state index is 10.0. The Balaban J connectivity index is 1.85. The van der Waals surface area contributed by atoms with E-state index in [1.54, 1.807) is 12.1 Å². The number of rotatable bonds is 4. The molecule has 0 aliphatic carbocycles. The lowest BCUT2D eigenvalue weighted by atomic mass is 10.2. The maximum absolute atomic E-state index is 10.0. The van der Waals surface area contributed by atoms with Crippen molar-refractivity contribution >= 4 is 23.2 Å². The van der Waals surface area contributed by atoms with Crippen LogP contribution in [0.3, 0.4) is 0 Å². The molecule has 1 saturated heterocycles. The third-order valence-electron chi connectivity index (χ3n) is 2.63. The number of hydrogen-bond donors (Lipinski definition) is 1. The molecule has 1 N–H and O–H groups in total. The lowest BCUT2D eigenvalue weighted by molar-refractivity contribution is 0.262. The van der Waals surface area contributed by atoms with Crippen LogP contribution in [0, 0.1) is 0 Å². The van der Waals surface area contributed by atoms with Crippen LogP contribution >= 0.6 is 23.2 Å². The summed E-state index contributed by atoms with van der Waals surface area (Å²) in [6.45, 7) is 1.17. The van der Waals surface area contributed by atoms with E-state index >= 15 is 0 Å². The zero-order valence-corrected chi connectivity index (χ0v) is 11.6. The molecule has 1 fully saturated rings. The fourth-order valence-corrected chi connectivity index (χ4v) is 1.95. The Kier molecular flexibility index (Phi) is 3.60. The number of ether oxygens (including phenoxy) is 2. The number of nitrogens with zero attached hydrogens (tertiary/aromatic N) is 3. The fourth-order valence-electron chi connectivity index (χ4n) is 1.59. The van der Waals surface area contributed by atoms with Gasteiger partial charge in [-0.25, -0.2) is 0 Å². The third-order valence-corrected chi connectivity index (χ3v) is 2.97. The minimum atomic E-state index is -0.0365. The van der Waals surface area contributed by atoms with Gasteiger partial charge < -0.3 is 14.6 Å². The highest BCUT2D eigenvalue weighted by atomic mass is 35.5. The van der Waals surface area contributed by atoms with E-state index in [-0.39, 0.29) is 28.2 Å². The zero-order chi connectivity index (χ0) is 14.1. The first-order chi connectivity index (χ1) is 9.61. The van der Waals surface area contributed by atoms with Crippen LogP contribution in [-0.4, -0.2) is 39.4 Å². The second-order valence-electron chi connectivity index (χ2n) is 4.14. The molecule has 2 heterocycles. The predicted octanol–water partition coefficient (Wildman–Crippen LogP) is 2.33. The van der Waals surface area contributed by atoms with Gasteiger partial charge in [0.25, 0.3) is 0 Å². The number of hydrogen-bond acceptors (Lipinski definition) is 6. The zero-order valence-electron chi connectivity index (χ0n) is 10.1. The molecule has 104 valence electrons. The highest BCUT2D eigenvalue weighted by Gasteiger charge is 2.23. The van der Waals surface area contributed by atoms with Gasteiger partial charge in [-0.2, -0.15) is 15.0 Å². The van der Waals surface area contributed by atoms with Gasteiger partial charge in [0, 0.05) is 6.07 Å². The summed E-state index contributed by atoms with van der Waals surface area (Å²) in [7, 11) is 0.